The van der Waals surface area contributed by atoms with Crippen LogP contribution in [0.1, 0.15) is 24.0 Å². The third-order valence-electron chi connectivity index (χ3n) is 4.41. The number of hydrogen-bond donors (Lipinski definition) is 2. The minimum atomic E-state index is -0.660. The molecule has 6 heteroatoms. The van der Waals surface area contributed by atoms with E-state index in [2.05, 4.69) is 16.5 Å². The van der Waals surface area contributed by atoms with Crippen LogP contribution in [0.5, 0.6) is 0 Å². The predicted octanol–water partition coefficient (Wildman–Crippen LogP) is 3.32. The largest absolute Gasteiger partial charge is 0.385 e. The Balaban J connectivity index is 2.12. The maximum Gasteiger partial charge on any atom is 0.278 e. The smallest absolute Gasteiger partial charge is 0.278 e. The highest BCUT2D eigenvalue weighted by molar-refractivity contribution is 5.56. The Morgan fingerprint density at radius 3 is 2.37 bits per heavy atom. The highest BCUT2D eigenvalue weighted by Gasteiger charge is 2.26. The molecule has 1 atom stereocenters. The predicted molar refractivity (Wildman–Crippen MR) is 109 cm³/mol. The number of rotatable bonds is 6. The Morgan fingerprint density at radius 1 is 1.15 bits per heavy atom. The van der Waals surface area contributed by atoms with Crippen molar-refractivity contribution in [3.63, 3.8) is 0 Å². The van der Waals surface area contributed by atoms with Crippen molar-refractivity contribution < 1.29 is 0 Å². The van der Waals surface area contributed by atoms with Crippen LogP contribution in [-0.4, -0.2) is 30.4 Å². The molecule has 3 aromatic rings. The average Bonchev–Trinajstić information content (AvgIpc) is 3.02. The van der Waals surface area contributed by atoms with Gasteiger partial charge in [-0.2, -0.15) is 5.26 Å². The number of H-pyrrole nitrogens is 1. The lowest BCUT2D eigenvalue weighted by molar-refractivity contribution is 0.837. The van der Waals surface area contributed by atoms with Gasteiger partial charge in [-0.3, -0.25) is 9.89 Å². The third kappa shape index (κ3) is 3.58. The van der Waals surface area contributed by atoms with Crippen LogP contribution < -0.4 is 15.8 Å². The number of hydrogen-bond acceptors (Lipinski definition) is 4. The Bertz CT molecular complexity index is 994. The second-order valence-corrected chi connectivity index (χ2v) is 6.46. The molecule has 0 aliphatic heterocycles. The second-order valence-electron chi connectivity index (χ2n) is 6.46. The van der Waals surface area contributed by atoms with Crippen LogP contribution >= 0.6 is 0 Å². The van der Waals surface area contributed by atoms with Crippen molar-refractivity contribution >= 4 is 11.5 Å². The Kier molecular flexibility index (Phi) is 5.32. The normalized spacial score (nSPS) is 11.6. The molecule has 0 saturated carbocycles. The summed E-state index contributed by atoms with van der Waals surface area (Å²) in [6.07, 6.45) is 0. The van der Waals surface area contributed by atoms with Crippen molar-refractivity contribution in [2.24, 2.45) is 0 Å². The second kappa shape index (κ2) is 7.83. The molecule has 0 radical (unpaired) electrons. The molecule has 0 aliphatic carbocycles. The first-order valence-corrected chi connectivity index (χ1v) is 8.88. The van der Waals surface area contributed by atoms with Crippen molar-refractivity contribution in [1.29, 1.82) is 5.26 Å². The van der Waals surface area contributed by atoms with E-state index >= 15 is 0 Å². The summed E-state index contributed by atoms with van der Waals surface area (Å²) < 4.78 is 1.49. The highest BCUT2D eigenvalue weighted by Crippen LogP contribution is 2.29. The zero-order chi connectivity index (χ0) is 19.4. The first-order valence-electron chi connectivity index (χ1n) is 8.88. The van der Waals surface area contributed by atoms with Gasteiger partial charge in [-0.25, -0.2) is 4.68 Å². The van der Waals surface area contributed by atoms with E-state index in [1.54, 1.807) is 0 Å². The zero-order valence-electron chi connectivity index (χ0n) is 15.7. The summed E-state index contributed by atoms with van der Waals surface area (Å²) in [6.45, 7) is 2.85. The molecular formula is C21H23N5O. The third-order valence-corrected chi connectivity index (χ3v) is 4.41. The van der Waals surface area contributed by atoms with Crippen molar-refractivity contribution in [3.8, 4) is 11.8 Å². The van der Waals surface area contributed by atoms with Crippen LogP contribution in [0.15, 0.2) is 59.4 Å². The maximum absolute atomic E-state index is 13.2. The molecule has 0 amide bonds. The van der Waals surface area contributed by atoms with E-state index in [4.69, 9.17) is 0 Å². The number of nitrogens with zero attached hydrogens (tertiary/aromatic N) is 3. The Labute approximate surface area is 158 Å². The molecule has 2 N–H and O–H groups in total. The topological polar surface area (TPSA) is 76.8 Å². The zero-order valence-corrected chi connectivity index (χ0v) is 15.7. The van der Waals surface area contributed by atoms with Gasteiger partial charge in [0.05, 0.1) is 17.3 Å². The Hall–Kier alpha value is -3.46. The van der Waals surface area contributed by atoms with Crippen LogP contribution in [0, 0.1) is 11.3 Å². The first kappa shape index (κ1) is 18.3. The van der Waals surface area contributed by atoms with Crippen LogP contribution in [0.2, 0.25) is 0 Å². The summed E-state index contributed by atoms with van der Waals surface area (Å²) in [7, 11) is 3.71. The molecule has 1 aromatic heterocycles. The fraction of sp³-hybridized carbons (Fsp3) is 0.238. The number of benzene rings is 2. The lowest BCUT2D eigenvalue weighted by Crippen LogP contribution is -2.20. The molecule has 6 nitrogen and oxygen atoms in total. The van der Waals surface area contributed by atoms with Gasteiger partial charge in [0, 0.05) is 26.3 Å². The molecule has 1 heterocycles. The van der Waals surface area contributed by atoms with Gasteiger partial charge in [0.1, 0.15) is 11.7 Å². The van der Waals surface area contributed by atoms with Gasteiger partial charge in [-0.05, 0) is 36.8 Å². The van der Waals surface area contributed by atoms with Gasteiger partial charge >= 0.3 is 0 Å². The molecule has 0 bridgehead atoms. The van der Waals surface area contributed by atoms with Gasteiger partial charge in [-0.1, -0.05) is 30.3 Å². The number of anilines is 2. The molecule has 2 aromatic carbocycles. The lowest BCUT2D eigenvalue weighted by Gasteiger charge is -2.15. The molecule has 3 rings (SSSR count). The van der Waals surface area contributed by atoms with E-state index in [0.717, 1.165) is 23.5 Å². The number of nitrogens with one attached hydrogen (secondary N) is 2. The van der Waals surface area contributed by atoms with E-state index in [-0.39, 0.29) is 5.56 Å². The van der Waals surface area contributed by atoms with Gasteiger partial charge in [-0.15, -0.1) is 0 Å². The van der Waals surface area contributed by atoms with Crippen LogP contribution in [0.3, 0.4) is 0 Å². The molecule has 0 saturated heterocycles. The fourth-order valence-electron chi connectivity index (χ4n) is 3.10. The summed E-state index contributed by atoms with van der Waals surface area (Å²) in [5, 5.41) is 16.3. The number of aromatic nitrogens is 2. The molecule has 138 valence electrons. The number of nitriles is 1. The Morgan fingerprint density at radius 2 is 1.81 bits per heavy atom. The van der Waals surface area contributed by atoms with Gasteiger partial charge in [0.15, 0.2) is 0 Å². The van der Waals surface area contributed by atoms with Crippen LogP contribution in [0.25, 0.3) is 5.69 Å². The number of para-hydroxylation sites is 1. The lowest BCUT2D eigenvalue weighted by atomic mass is 9.93. The van der Waals surface area contributed by atoms with E-state index in [0.29, 0.717) is 11.4 Å². The quantitative estimate of drug-likeness (QED) is 0.706. The van der Waals surface area contributed by atoms with E-state index in [1.807, 2.05) is 80.5 Å². The molecule has 0 fully saturated rings. The monoisotopic (exact) mass is 361 g/mol. The summed E-state index contributed by atoms with van der Waals surface area (Å²) in [4.78, 5) is 15.0. The first-order chi connectivity index (χ1) is 13.1. The summed E-state index contributed by atoms with van der Waals surface area (Å²) in [5.74, 6) is -0.0297. The van der Waals surface area contributed by atoms with Crippen LogP contribution in [-0.2, 0) is 0 Å². The van der Waals surface area contributed by atoms with Crippen molar-refractivity contribution in [3.05, 3.63) is 76.1 Å². The fourth-order valence-corrected chi connectivity index (χ4v) is 3.10. The molecule has 27 heavy (non-hydrogen) atoms. The van der Waals surface area contributed by atoms with Gasteiger partial charge in [0.2, 0.25) is 0 Å². The summed E-state index contributed by atoms with van der Waals surface area (Å²) in [5.41, 5.74) is 2.74. The highest BCUT2D eigenvalue weighted by atomic mass is 16.1. The minimum absolute atomic E-state index is 0.216. The van der Waals surface area contributed by atoms with E-state index in [1.165, 1.54) is 4.68 Å². The standard InChI is InChI=1S/C21H23N5O/c1-4-23-16-12-10-15(11-13-16)18(14-22)19-20(25(2)3)24-26(21(19)27)17-8-6-5-7-9-17/h5-13,18,23-24H,4H2,1-3H3. The summed E-state index contributed by atoms with van der Waals surface area (Å²) in [6, 6.07) is 19.3. The molecule has 1 unspecified atom stereocenters. The van der Waals surface area contributed by atoms with Crippen molar-refractivity contribution in [1.82, 2.24) is 9.78 Å². The SMILES string of the molecule is CCNc1ccc(C(C#N)c2c(N(C)C)[nH]n(-c3ccccc3)c2=O)cc1. The molecular weight excluding hydrogens is 338 g/mol. The molecule has 0 aliphatic rings. The van der Waals surface area contributed by atoms with E-state index in [9.17, 15) is 10.1 Å². The minimum Gasteiger partial charge on any atom is -0.385 e. The van der Waals surface area contributed by atoms with Crippen LogP contribution in [0.4, 0.5) is 11.5 Å². The van der Waals surface area contributed by atoms with Gasteiger partial charge < -0.3 is 10.2 Å². The summed E-state index contributed by atoms with van der Waals surface area (Å²) >= 11 is 0. The van der Waals surface area contributed by atoms with Crippen molar-refractivity contribution in [2.75, 3.05) is 30.9 Å². The van der Waals surface area contributed by atoms with E-state index < -0.39 is 5.92 Å². The molecule has 0 spiro atoms. The number of aromatic amines is 1. The van der Waals surface area contributed by atoms with Crippen molar-refractivity contribution in [2.45, 2.75) is 12.8 Å². The van der Waals surface area contributed by atoms with Gasteiger partial charge in [0.25, 0.3) is 5.56 Å². The maximum atomic E-state index is 13.2. The average molecular weight is 361 g/mol.